The molecule has 3 heterocycles. The van der Waals surface area contributed by atoms with Gasteiger partial charge in [-0.3, -0.25) is 4.79 Å². The van der Waals surface area contributed by atoms with Crippen LogP contribution in [0.25, 0.3) is 0 Å². The molecular formula is C15H16ClNO4. The number of ether oxygens (including phenoxy) is 2. The largest absolute Gasteiger partial charge is 0.493 e. The van der Waals surface area contributed by atoms with Crippen molar-refractivity contribution in [1.29, 1.82) is 0 Å². The zero-order valence-corrected chi connectivity index (χ0v) is 12.2. The van der Waals surface area contributed by atoms with Crippen molar-refractivity contribution in [3.05, 3.63) is 21.7 Å². The number of rotatable bonds is 2. The van der Waals surface area contributed by atoms with Gasteiger partial charge in [-0.25, -0.2) is 0 Å². The minimum Gasteiger partial charge on any atom is -0.493 e. The van der Waals surface area contributed by atoms with E-state index >= 15 is 0 Å². The fourth-order valence-electron chi connectivity index (χ4n) is 3.60. The van der Waals surface area contributed by atoms with E-state index in [2.05, 4.69) is 5.32 Å². The summed E-state index contributed by atoms with van der Waals surface area (Å²) in [7, 11) is 0. The van der Waals surface area contributed by atoms with Gasteiger partial charge in [0, 0.05) is 42.1 Å². The number of hydrogen-bond donors (Lipinski definition) is 2. The predicted octanol–water partition coefficient (Wildman–Crippen LogP) is 1.95. The van der Waals surface area contributed by atoms with Gasteiger partial charge < -0.3 is 19.9 Å². The lowest BCUT2D eigenvalue weighted by atomic mass is 9.91. The molecule has 0 amide bonds. The van der Waals surface area contributed by atoms with Gasteiger partial charge in [-0.1, -0.05) is 11.6 Å². The summed E-state index contributed by atoms with van der Waals surface area (Å²) in [6, 6.07) is 0.00525. The number of fused-ring (bicyclic) bond motifs is 2. The molecule has 2 unspecified atom stereocenters. The highest BCUT2D eigenvalue weighted by Crippen LogP contribution is 2.50. The fourth-order valence-corrected chi connectivity index (χ4v) is 3.95. The van der Waals surface area contributed by atoms with Crippen LogP contribution < -0.4 is 14.8 Å². The van der Waals surface area contributed by atoms with Gasteiger partial charge in [-0.05, 0) is 6.42 Å². The van der Waals surface area contributed by atoms with E-state index in [4.69, 9.17) is 21.1 Å². The van der Waals surface area contributed by atoms with Gasteiger partial charge in [0.25, 0.3) is 0 Å². The average Bonchev–Trinajstić information content (AvgIpc) is 3.19. The number of aliphatic carboxylic acids is 1. The summed E-state index contributed by atoms with van der Waals surface area (Å²) in [6.45, 7) is 1.74. The van der Waals surface area contributed by atoms with Crippen molar-refractivity contribution < 1.29 is 19.4 Å². The highest BCUT2D eigenvalue weighted by atomic mass is 35.5. The molecule has 2 N–H and O–H groups in total. The van der Waals surface area contributed by atoms with E-state index in [-0.39, 0.29) is 12.0 Å². The summed E-state index contributed by atoms with van der Waals surface area (Å²) < 4.78 is 11.5. The number of hydrogen-bond acceptors (Lipinski definition) is 4. The third-order valence-corrected chi connectivity index (χ3v) is 5.01. The standard InChI is InChI=1S/C15H16ClNO4/c16-12-9-2-4-20-13(9)11(8-1-3-21-14(8)12)10-5-7(6-17-10)15(18)19/h7,10,17H,1-6H2,(H,18,19). The molecule has 6 heteroatoms. The molecule has 1 aromatic rings. The van der Waals surface area contributed by atoms with Gasteiger partial charge in [0.2, 0.25) is 0 Å². The zero-order valence-electron chi connectivity index (χ0n) is 11.4. The first-order chi connectivity index (χ1) is 10.2. The molecular weight excluding hydrogens is 294 g/mol. The molecule has 3 aliphatic heterocycles. The van der Waals surface area contributed by atoms with Crippen molar-refractivity contribution in [3.8, 4) is 11.5 Å². The van der Waals surface area contributed by atoms with Crippen LogP contribution in [0.5, 0.6) is 11.5 Å². The smallest absolute Gasteiger partial charge is 0.307 e. The van der Waals surface area contributed by atoms with Crippen molar-refractivity contribution in [1.82, 2.24) is 5.32 Å². The summed E-state index contributed by atoms with van der Waals surface area (Å²) >= 11 is 6.44. The van der Waals surface area contributed by atoms with Crippen LogP contribution in [0.4, 0.5) is 0 Å². The molecule has 1 aromatic carbocycles. The molecule has 5 nitrogen and oxygen atoms in total. The van der Waals surface area contributed by atoms with Gasteiger partial charge in [-0.15, -0.1) is 0 Å². The van der Waals surface area contributed by atoms with Crippen LogP contribution in [0.2, 0.25) is 5.02 Å². The lowest BCUT2D eigenvalue weighted by molar-refractivity contribution is -0.141. The minimum absolute atomic E-state index is 0.00525. The van der Waals surface area contributed by atoms with E-state index in [1.165, 1.54) is 0 Å². The molecule has 112 valence electrons. The van der Waals surface area contributed by atoms with Crippen molar-refractivity contribution in [2.24, 2.45) is 5.92 Å². The molecule has 4 rings (SSSR count). The predicted molar refractivity (Wildman–Crippen MR) is 76.3 cm³/mol. The van der Waals surface area contributed by atoms with Gasteiger partial charge in [0.1, 0.15) is 11.5 Å². The summed E-state index contributed by atoms with van der Waals surface area (Å²) in [5.41, 5.74) is 3.17. The Kier molecular flexibility index (Phi) is 3.01. The first-order valence-corrected chi connectivity index (χ1v) is 7.63. The van der Waals surface area contributed by atoms with E-state index in [0.717, 1.165) is 41.0 Å². The topological polar surface area (TPSA) is 67.8 Å². The maximum absolute atomic E-state index is 11.2. The first kappa shape index (κ1) is 13.2. The van der Waals surface area contributed by atoms with Crippen LogP contribution in [0.1, 0.15) is 29.2 Å². The van der Waals surface area contributed by atoms with E-state index in [1.807, 2.05) is 0 Å². The van der Waals surface area contributed by atoms with Gasteiger partial charge in [0.05, 0.1) is 24.2 Å². The monoisotopic (exact) mass is 309 g/mol. The Balaban J connectivity index is 1.81. The molecule has 1 fully saturated rings. The van der Waals surface area contributed by atoms with Crippen molar-refractivity contribution in [2.75, 3.05) is 19.8 Å². The lowest BCUT2D eigenvalue weighted by Gasteiger charge is -2.19. The number of carboxylic acid groups (broad SMARTS) is 1. The summed E-state index contributed by atoms with van der Waals surface area (Å²) in [5, 5.41) is 13.2. The fraction of sp³-hybridized carbons (Fsp3) is 0.533. The Bertz CT molecular complexity index is 596. The van der Waals surface area contributed by atoms with Crippen molar-refractivity contribution >= 4 is 17.6 Å². The van der Waals surface area contributed by atoms with E-state index in [0.29, 0.717) is 31.2 Å². The SMILES string of the molecule is O=C(O)C1CNC(c2c3c(c(Cl)c4c2OCC4)OCC3)C1. The van der Waals surface area contributed by atoms with Gasteiger partial charge >= 0.3 is 5.97 Å². The molecule has 3 aliphatic rings. The minimum atomic E-state index is -0.746. The van der Waals surface area contributed by atoms with Crippen molar-refractivity contribution in [3.63, 3.8) is 0 Å². The Labute approximate surface area is 127 Å². The van der Waals surface area contributed by atoms with Crippen LogP contribution in [0.15, 0.2) is 0 Å². The molecule has 0 bridgehead atoms. The maximum Gasteiger partial charge on any atom is 0.307 e. The van der Waals surface area contributed by atoms with Crippen LogP contribution >= 0.6 is 11.6 Å². The molecule has 0 spiro atoms. The summed E-state index contributed by atoms with van der Waals surface area (Å²) in [4.78, 5) is 11.2. The van der Waals surface area contributed by atoms with Crippen LogP contribution in [0.3, 0.4) is 0 Å². The molecule has 21 heavy (non-hydrogen) atoms. The first-order valence-electron chi connectivity index (χ1n) is 7.25. The van der Waals surface area contributed by atoms with Gasteiger partial charge in [-0.2, -0.15) is 0 Å². The summed E-state index contributed by atoms with van der Waals surface area (Å²) in [6.07, 6.45) is 2.17. The van der Waals surface area contributed by atoms with Crippen LogP contribution in [-0.4, -0.2) is 30.8 Å². The second-order valence-electron chi connectivity index (χ2n) is 5.77. The molecule has 1 saturated heterocycles. The molecule has 0 saturated carbocycles. The molecule has 0 aliphatic carbocycles. The molecule has 0 radical (unpaired) electrons. The Morgan fingerprint density at radius 2 is 1.90 bits per heavy atom. The third kappa shape index (κ3) is 1.91. The zero-order chi connectivity index (χ0) is 14.6. The normalized spacial score (nSPS) is 26.1. The highest BCUT2D eigenvalue weighted by molar-refractivity contribution is 6.33. The molecule has 0 aromatic heterocycles. The number of carboxylic acids is 1. The van der Waals surface area contributed by atoms with E-state index < -0.39 is 5.97 Å². The Morgan fingerprint density at radius 3 is 2.62 bits per heavy atom. The number of benzene rings is 1. The maximum atomic E-state index is 11.2. The number of carbonyl (C=O) groups is 1. The van der Waals surface area contributed by atoms with Crippen molar-refractivity contribution in [2.45, 2.75) is 25.3 Å². The van der Waals surface area contributed by atoms with Crippen LogP contribution in [-0.2, 0) is 17.6 Å². The third-order valence-electron chi connectivity index (χ3n) is 4.61. The number of halogens is 1. The second-order valence-corrected chi connectivity index (χ2v) is 6.15. The quantitative estimate of drug-likeness (QED) is 0.874. The molecule has 2 atom stereocenters. The van der Waals surface area contributed by atoms with Gasteiger partial charge in [0.15, 0.2) is 0 Å². The Hall–Kier alpha value is -1.46. The van der Waals surface area contributed by atoms with Crippen LogP contribution in [0, 0.1) is 5.92 Å². The Morgan fingerprint density at radius 1 is 1.19 bits per heavy atom. The lowest BCUT2D eigenvalue weighted by Crippen LogP contribution is -2.18. The number of nitrogens with one attached hydrogen (secondary N) is 1. The average molecular weight is 310 g/mol. The second kappa shape index (κ2) is 4.78. The highest BCUT2D eigenvalue weighted by Gasteiger charge is 2.38. The summed E-state index contributed by atoms with van der Waals surface area (Å²) in [5.74, 6) is 0.536. The van der Waals surface area contributed by atoms with E-state index in [9.17, 15) is 9.90 Å². The van der Waals surface area contributed by atoms with E-state index in [1.54, 1.807) is 0 Å².